The Labute approximate surface area is 168 Å². The van der Waals surface area contributed by atoms with Crippen molar-refractivity contribution in [1.82, 2.24) is 19.8 Å². The summed E-state index contributed by atoms with van der Waals surface area (Å²) < 4.78 is 1.89. The Bertz CT molecular complexity index is 882. The molecule has 2 N–H and O–H groups in total. The first-order chi connectivity index (χ1) is 13.0. The number of carbonyl (C=O) groups is 1. The van der Waals surface area contributed by atoms with Crippen molar-refractivity contribution >= 4 is 29.7 Å². The summed E-state index contributed by atoms with van der Waals surface area (Å²) in [5.41, 5.74) is 0.737. The van der Waals surface area contributed by atoms with Gasteiger partial charge in [-0.2, -0.15) is 0 Å². The topological polar surface area (TPSA) is 105 Å². The Hall–Kier alpha value is -2.65. The van der Waals surface area contributed by atoms with Crippen molar-refractivity contribution in [2.75, 3.05) is 25.0 Å². The van der Waals surface area contributed by atoms with Crippen LogP contribution in [0.3, 0.4) is 0 Å². The van der Waals surface area contributed by atoms with Crippen molar-refractivity contribution in [3.63, 3.8) is 0 Å². The molecule has 150 valence electrons. The van der Waals surface area contributed by atoms with Crippen LogP contribution in [0.5, 0.6) is 0 Å². The maximum absolute atomic E-state index is 13.2. The van der Waals surface area contributed by atoms with Gasteiger partial charge in [0.05, 0.1) is 4.92 Å². The van der Waals surface area contributed by atoms with E-state index >= 15 is 0 Å². The summed E-state index contributed by atoms with van der Waals surface area (Å²) in [5, 5.41) is 17.9. The number of carbonyl (C=O) groups excluding carboxylic acids is 1. The Morgan fingerprint density at radius 3 is 2.82 bits per heavy atom. The van der Waals surface area contributed by atoms with Crippen LogP contribution in [0, 0.1) is 10.1 Å². The number of halogens is 1. The lowest BCUT2D eigenvalue weighted by Crippen LogP contribution is -2.49. The molecule has 4 rings (SSSR count). The second kappa shape index (κ2) is 8.15. The molecule has 2 heterocycles. The van der Waals surface area contributed by atoms with Crippen molar-refractivity contribution < 1.29 is 9.72 Å². The molecule has 10 heteroatoms. The highest BCUT2D eigenvalue weighted by atomic mass is 35.5. The third-order valence-electron chi connectivity index (χ3n) is 5.04. The summed E-state index contributed by atoms with van der Waals surface area (Å²) in [6.07, 6.45) is 5.58. The molecular weight excluding hydrogens is 384 g/mol. The first kappa shape index (κ1) is 20.1. The van der Waals surface area contributed by atoms with Gasteiger partial charge in [-0.15, -0.1) is 12.4 Å². The van der Waals surface area contributed by atoms with E-state index in [-0.39, 0.29) is 30.0 Å². The molecule has 1 saturated heterocycles. The number of imidazole rings is 1. The van der Waals surface area contributed by atoms with Gasteiger partial charge in [0, 0.05) is 56.7 Å². The van der Waals surface area contributed by atoms with E-state index in [4.69, 9.17) is 0 Å². The molecule has 1 amide bonds. The van der Waals surface area contributed by atoms with Gasteiger partial charge in [0.1, 0.15) is 17.6 Å². The zero-order chi connectivity index (χ0) is 19.0. The molecular formula is C18H23ClN6O3. The molecule has 9 nitrogen and oxygen atoms in total. The molecule has 0 spiro atoms. The average molecular weight is 407 g/mol. The van der Waals surface area contributed by atoms with Crippen LogP contribution in [0.4, 0.5) is 11.4 Å². The minimum absolute atomic E-state index is 0. The number of aryl methyl sites for hydroxylation is 1. The normalized spacial score (nSPS) is 19.0. The number of piperazine rings is 1. The van der Waals surface area contributed by atoms with Crippen LogP contribution in [0.2, 0.25) is 0 Å². The number of anilines is 1. The fourth-order valence-electron chi connectivity index (χ4n) is 3.43. The lowest BCUT2D eigenvalue weighted by molar-refractivity contribution is -0.384. The third-order valence-corrected chi connectivity index (χ3v) is 5.04. The first-order valence-corrected chi connectivity index (χ1v) is 9.08. The molecule has 1 aromatic heterocycles. The molecule has 0 bridgehead atoms. The molecule has 1 aliphatic heterocycles. The summed E-state index contributed by atoms with van der Waals surface area (Å²) >= 11 is 0. The van der Waals surface area contributed by atoms with E-state index in [2.05, 4.69) is 15.6 Å². The van der Waals surface area contributed by atoms with Gasteiger partial charge in [0.2, 0.25) is 0 Å². The second-order valence-corrected chi connectivity index (χ2v) is 7.02. The van der Waals surface area contributed by atoms with Gasteiger partial charge >= 0.3 is 0 Å². The smallest absolute Gasteiger partial charge is 0.293 e. The highest BCUT2D eigenvalue weighted by Gasteiger charge is 2.32. The fourth-order valence-corrected chi connectivity index (χ4v) is 3.43. The van der Waals surface area contributed by atoms with Crippen molar-refractivity contribution in [1.29, 1.82) is 0 Å². The quantitative estimate of drug-likeness (QED) is 0.582. The van der Waals surface area contributed by atoms with Gasteiger partial charge in [-0.1, -0.05) is 0 Å². The van der Waals surface area contributed by atoms with Crippen LogP contribution >= 0.6 is 12.4 Å². The van der Waals surface area contributed by atoms with E-state index in [0.717, 1.165) is 18.7 Å². The van der Waals surface area contributed by atoms with Crippen LogP contribution < -0.4 is 10.6 Å². The van der Waals surface area contributed by atoms with Crippen molar-refractivity contribution in [2.24, 2.45) is 7.05 Å². The van der Waals surface area contributed by atoms with Gasteiger partial charge in [0.25, 0.3) is 11.6 Å². The Morgan fingerprint density at radius 1 is 1.39 bits per heavy atom. The minimum atomic E-state index is -0.435. The maximum atomic E-state index is 13.2. The van der Waals surface area contributed by atoms with Gasteiger partial charge in [-0.3, -0.25) is 14.9 Å². The number of aromatic nitrogens is 2. The molecule has 1 atom stereocenters. The van der Waals surface area contributed by atoms with E-state index in [0.29, 0.717) is 36.9 Å². The van der Waals surface area contributed by atoms with Crippen LogP contribution in [0.1, 0.15) is 35.1 Å². The van der Waals surface area contributed by atoms with Gasteiger partial charge < -0.3 is 20.1 Å². The highest BCUT2D eigenvalue weighted by molar-refractivity contribution is 5.96. The number of rotatable bonds is 5. The monoisotopic (exact) mass is 406 g/mol. The lowest BCUT2D eigenvalue weighted by atomic mass is 10.1. The van der Waals surface area contributed by atoms with Crippen LogP contribution in [0.25, 0.3) is 0 Å². The zero-order valence-electron chi connectivity index (χ0n) is 15.5. The van der Waals surface area contributed by atoms with E-state index in [9.17, 15) is 14.9 Å². The highest BCUT2D eigenvalue weighted by Crippen LogP contribution is 2.32. The Balaban J connectivity index is 0.00000225. The number of hydrogen-bond acceptors (Lipinski definition) is 6. The predicted octanol–water partition coefficient (Wildman–Crippen LogP) is 2.11. The fraction of sp³-hybridized carbons (Fsp3) is 0.444. The van der Waals surface area contributed by atoms with Gasteiger partial charge in [-0.25, -0.2) is 4.98 Å². The molecule has 2 aliphatic rings. The van der Waals surface area contributed by atoms with Crippen molar-refractivity contribution in [3.8, 4) is 0 Å². The number of nitrogens with zero attached hydrogens (tertiary/aromatic N) is 4. The minimum Gasteiger partial charge on any atom is -0.377 e. The van der Waals surface area contributed by atoms with Crippen LogP contribution in [0.15, 0.2) is 30.6 Å². The molecule has 1 unspecified atom stereocenters. The summed E-state index contributed by atoms with van der Waals surface area (Å²) in [6, 6.07) is 4.77. The molecule has 0 radical (unpaired) electrons. The number of nitrogens with one attached hydrogen (secondary N) is 2. The van der Waals surface area contributed by atoms with Crippen LogP contribution in [-0.4, -0.2) is 51.0 Å². The summed E-state index contributed by atoms with van der Waals surface area (Å²) in [4.78, 5) is 30.3. The zero-order valence-corrected chi connectivity index (χ0v) is 16.3. The molecule has 2 aromatic rings. The number of nitro groups is 1. The third kappa shape index (κ3) is 3.95. The van der Waals surface area contributed by atoms with Crippen molar-refractivity contribution in [2.45, 2.75) is 24.9 Å². The maximum Gasteiger partial charge on any atom is 0.293 e. The first-order valence-electron chi connectivity index (χ1n) is 9.08. The van der Waals surface area contributed by atoms with Crippen molar-refractivity contribution in [3.05, 3.63) is 52.1 Å². The molecule has 1 aliphatic carbocycles. The molecule has 28 heavy (non-hydrogen) atoms. The van der Waals surface area contributed by atoms with E-state index in [1.165, 1.54) is 6.07 Å². The van der Waals surface area contributed by atoms with Gasteiger partial charge in [0.15, 0.2) is 0 Å². The SMILES string of the molecule is Cl.Cn1ccnc1C1CNCCN1C(=O)c1ccc(NC2CC2)c([N+](=O)[O-])c1. The summed E-state index contributed by atoms with van der Waals surface area (Å²) in [5.74, 6) is 0.572. The van der Waals surface area contributed by atoms with E-state index in [1.54, 1.807) is 23.2 Å². The molecule has 1 saturated carbocycles. The number of benzene rings is 1. The summed E-state index contributed by atoms with van der Waals surface area (Å²) in [6.45, 7) is 1.79. The number of amides is 1. The molecule has 1 aromatic carbocycles. The Morgan fingerprint density at radius 2 is 2.18 bits per heavy atom. The number of nitro benzene ring substituents is 1. The van der Waals surface area contributed by atoms with E-state index in [1.807, 2.05) is 17.8 Å². The average Bonchev–Trinajstić information content (AvgIpc) is 3.39. The van der Waals surface area contributed by atoms with E-state index < -0.39 is 4.92 Å². The molecule has 2 fully saturated rings. The lowest BCUT2D eigenvalue weighted by Gasteiger charge is -2.35. The summed E-state index contributed by atoms with van der Waals surface area (Å²) in [7, 11) is 1.89. The largest absolute Gasteiger partial charge is 0.377 e. The van der Waals surface area contributed by atoms with Gasteiger partial charge in [-0.05, 0) is 25.0 Å². The Kier molecular flexibility index (Phi) is 5.85. The number of hydrogen-bond donors (Lipinski definition) is 2. The van der Waals surface area contributed by atoms with Crippen LogP contribution in [-0.2, 0) is 7.05 Å². The standard InChI is InChI=1S/C18H22N6O3.ClH/c1-22-8-7-20-17(22)16-11-19-6-9-23(16)18(25)12-2-5-14(21-13-3-4-13)15(10-12)24(26)27;/h2,5,7-8,10,13,16,19,21H,3-4,6,9,11H2,1H3;1H. The second-order valence-electron chi connectivity index (χ2n) is 7.02. The predicted molar refractivity (Wildman–Crippen MR) is 107 cm³/mol.